The maximum Gasteiger partial charge on any atom is 0.122 e. The Kier molecular flexibility index (Phi) is 5.02. The molecule has 18 heavy (non-hydrogen) atoms. The van der Waals surface area contributed by atoms with Crippen molar-refractivity contribution in [2.75, 3.05) is 13.1 Å². The normalized spacial score (nSPS) is 15.2. The minimum atomic E-state index is 0.759. The summed E-state index contributed by atoms with van der Waals surface area (Å²) >= 11 is 0. The lowest BCUT2D eigenvalue weighted by molar-refractivity contribution is 0.280. The Morgan fingerprint density at radius 1 is 1.56 bits per heavy atom. The highest BCUT2D eigenvalue weighted by Gasteiger charge is 2.28. The molecule has 0 aromatic carbocycles. The van der Waals surface area contributed by atoms with Crippen molar-refractivity contribution in [3.63, 3.8) is 0 Å². The van der Waals surface area contributed by atoms with E-state index in [-0.39, 0.29) is 0 Å². The van der Waals surface area contributed by atoms with Crippen LogP contribution >= 0.6 is 0 Å². The number of rotatable bonds is 9. The highest BCUT2D eigenvalue weighted by atomic mass is 16.3. The minimum absolute atomic E-state index is 0.759. The first-order chi connectivity index (χ1) is 8.85. The van der Waals surface area contributed by atoms with Gasteiger partial charge in [0.2, 0.25) is 0 Å². The maximum atomic E-state index is 5.58. The SMILES string of the molecule is C=CCN(Cc1ccoc1CNCCC)C1CC1. The third kappa shape index (κ3) is 3.72. The molecule has 1 aliphatic rings. The van der Waals surface area contributed by atoms with Crippen molar-refractivity contribution >= 4 is 0 Å². The molecular formula is C15H24N2O. The molecule has 0 bridgehead atoms. The van der Waals surface area contributed by atoms with Crippen LogP contribution in [0.25, 0.3) is 0 Å². The van der Waals surface area contributed by atoms with Gasteiger partial charge in [0.05, 0.1) is 12.8 Å². The monoisotopic (exact) mass is 248 g/mol. The van der Waals surface area contributed by atoms with Gasteiger partial charge in [-0.25, -0.2) is 0 Å². The van der Waals surface area contributed by atoms with Gasteiger partial charge >= 0.3 is 0 Å². The van der Waals surface area contributed by atoms with Crippen molar-refractivity contribution in [3.8, 4) is 0 Å². The van der Waals surface area contributed by atoms with Crippen LogP contribution in [0.2, 0.25) is 0 Å². The lowest BCUT2D eigenvalue weighted by atomic mass is 10.2. The third-order valence-corrected chi connectivity index (χ3v) is 3.35. The van der Waals surface area contributed by atoms with E-state index in [0.717, 1.165) is 44.4 Å². The predicted molar refractivity (Wildman–Crippen MR) is 74.3 cm³/mol. The fraction of sp³-hybridized carbons (Fsp3) is 0.600. The molecule has 0 amide bonds. The van der Waals surface area contributed by atoms with E-state index >= 15 is 0 Å². The molecule has 0 unspecified atom stereocenters. The Bertz CT molecular complexity index is 368. The molecule has 0 atom stereocenters. The molecule has 0 aliphatic heterocycles. The van der Waals surface area contributed by atoms with E-state index in [0.29, 0.717) is 0 Å². The zero-order valence-electron chi connectivity index (χ0n) is 11.3. The second-order valence-corrected chi connectivity index (χ2v) is 5.00. The highest BCUT2D eigenvalue weighted by Crippen LogP contribution is 2.28. The molecular weight excluding hydrogens is 224 g/mol. The molecule has 1 saturated carbocycles. The summed E-state index contributed by atoms with van der Waals surface area (Å²) in [4.78, 5) is 2.49. The fourth-order valence-electron chi connectivity index (χ4n) is 2.21. The van der Waals surface area contributed by atoms with Crippen LogP contribution in [-0.2, 0) is 13.1 Å². The van der Waals surface area contributed by atoms with Crippen molar-refractivity contribution in [1.29, 1.82) is 0 Å². The highest BCUT2D eigenvalue weighted by molar-refractivity contribution is 5.17. The Labute approximate surface area is 110 Å². The summed E-state index contributed by atoms with van der Waals surface area (Å²) in [5, 5.41) is 3.40. The van der Waals surface area contributed by atoms with Gasteiger partial charge in [-0.2, -0.15) is 0 Å². The number of nitrogens with zero attached hydrogens (tertiary/aromatic N) is 1. The largest absolute Gasteiger partial charge is 0.468 e. The first-order valence-electron chi connectivity index (χ1n) is 6.96. The van der Waals surface area contributed by atoms with Crippen LogP contribution in [0, 0.1) is 0 Å². The van der Waals surface area contributed by atoms with E-state index in [9.17, 15) is 0 Å². The lowest BCUT2D eigenvalue weighted by Crippen LogP contribution is -2.26. The summed E-state index contributed by atoms with van der Waals surface area (Å²) < 4.78 is 5.58. The van der Waals surface area contributed by atoms with Crippen LogP contribution in [0.3, 0.4) is 0 Å². The van der Waals surface area contributed by atoms with Crippen molar-refractivity contribution in [2.24, 2.45) is 0 Å². The molecule has 1 fully saturated rings. The first kappa shape index (κ1) is 13.4. The average molecular weight is 248 g/mol. The molecule has 1 aromatic heterocycles. The molecule has 3 nitrogen and oxygen atoms in total. The smallest absolute Gasteiger partial charge is 0.122 e. The van der Waals surface area contributed by atoms with Gasteiger partial charge in [0.1, 0.15) is 5.76 Å². The minimum Gasteiger partial charge on any atom is -0.468 e. The van der Waals surface area contributed by atoms with E-state index in [1.165, 1.54) is 18.4 Å². The van der Waals surface area contributed by atoms with Gasteiger partial charge in [0, 0.05) is 24.7 Å². The van der Waals surface area contributed by atoms with E-state index in [1.807, 2.05) is 6.08 Å². The Morgan fingerprint density at radius 2 is 2.39 bits per heavy atom. The molecule has 1 aliphatic carbocycles. The second kappa shape index (κ2) is 6.76. The summed E-state index contributed by atoms with van der Waals surface area (Å²) in [6.45, 7) is 9.85. The summed E-state index contributed by atoms with van der Waals surface area (Å²) in [5.74, 6) is 1.08. The first-order valence-corrected chi connectivity index (χ1v) is 6.96. The number of hydrogen-bond donors (Lipinski definition) is 1. The predicted octanol–water partition coefficient (Wildman–Crippen LogP) is 2.93. The van der Waals surface area contributed by atoms with Crippen LogP contribution in [0.15, 0.2) is 29.4 Å². The maximum absolute atomic E-state index is 5.58. The van der Waals surface area contributed by atoms with Gasteiger partial charge in [-0.05, 0) is 31.9 Å². The summed E-state index contributed by atoms with van der Waals surface area (Å²) in [7, 11) is 0. The fourth-order valence-corrected chi connectivity index (χ4v) is 2.21. The molecule has 1 aromatic rings. The quantitative estimate of drug-likeness (QED) is 0.538. The number of nitrogens with one attached hydrogen (secondary N) is 1. The van der Waals surface area contributed by atoms with Gasteiger partial charge in [-0.15, -0.1) is 6.58 Å². The van der Waals surface area contributed by atoms with Gasteiger partial charge < -0.3 is 9.73 Å². The Morgan fingerprint density at radius 3 is 3.06 bits per heavy atom. The average Bonchev–Trinajstić information content (AvgIpc) is 3.12. The van der Waals surface area contributed by atoms with Gasteiger partial charge in [-0.1, -0.05) is 13.0 Å². The number of hydrogen-bond acceptors (Lipinski definition) is 3. The molecule has 0 saturated heterocycles. The van der Waals surface area contributed by atoms with Crippen molar-refractivity contribution in [2.45, 2.75) is 45.3 Å². The zero-order chi connectivity index (χ0) is 12.8. The summed E-state index contributed by atoms with van der Waals surface area (Å²) in [5.41, 5.74) is 1.31. The van der Waals surface area contributed by atoms with Crippen LogP contribution in [-0.4, -0.2) is 24.0 Å². The molecule has 1 N–H and O–H groups in total. The summed E-state index contributed by atoms with van der Waals surface area (Å²) in [6, 6.07) is 2.86. The van der Waals surface area contributed by atoms with Crippen LogP contribution < -0.4 is 5.32 Å². The Hall–Kier alpha value is -1.06. The van der Waals surface area contributed by atoms with Crippen molar-refractivity contribution in [3.05, 3.63) is 36.3 Å². The number of furan rings is 1. The molecule has 2 rings (SSSR count). The lowest BCUT2D eigenvalue weighted by Gasteiger charge is -2.19. The zero-order valence-corrected chi connectivity index (χ0v) is 11.3. The third-order valence-electron chi connectivity index (χ3n) is 3.35. The van der Waals surface area contributed by atoms with E-state index in [2.05, 4.69) is 29.8 Å². The van der Waals surface area contributed by atoms with E-state index < -0.39 is 0 Å². The van der Waals surface area contributed by atoms with Gasteiger partial charge in [0.25, 0.3) is 0 Å². The molecule has 1 heterocycles. The second-order valence-electron chi connectivity index (χ2n) is 5.00. The van der Waals surface area contributed by atoms with E-state index in [4.69, 9.17) is 4.42 Å². The molecule has 100 valence electrons. The standard InChI is InChI=1S/C15H24N2O/c1-3-8-16-11-15-13(7-10-18-15)12-17(9-4-2)14-5-6-14/h4,7,10,14,16H,2-3,5-6,8-9,11-12H2,1H3. The van der Waals surface area contributed by atoms with Gasteiger partial charge in [-0.3, -0.25) is 4.90 Å². The Balaban J connectivity index is 1.90. The van der Waals surface area contributed by atoms with E-state index in [1.54, 1.807) is 6.26 Å². The van der Waals surface area contributed by atoms with Gasteiger partial charge in [0.15, 0.2) is 0 Å². The summed E-state index contributed by atoms with van der Waals surface area (Å²) in [6.07, 6.45) is 7.61. The molecule has 0 radical (unpaired) electrons. The van der Waals surface area contributed by atoms with Crippen molar-refractivity contribution < 1.29 is 4.42 Å². The van der Waals surface area contributed by atoms with Crippen LogP contribution in [0.5, 0.6) is 0 Å². The van der Waals surface area contributed by atoms with Crippen molar-refractivity contribution in [1.82, 2.24) is 10.2 Å². The van der Waals surface area contributed by atoms with Crippen LogP contribution in [0.1, 0.15) is 37.5 Å². The topological polar surface area (TPSA) is 28.4 Å². The van der Waals surface area contributed by atoms with Crippen LogP contribution in [0.4, 0.5) is 0 Å². The molecule has 0 spiro atoms. The molecule has 3 heteroatoms.